The lowest BCUT2D eigenvalue weighted by molar-refractivity contribution is 1.06. The summed E-state index contributed by atoms with van der Waals surface area (Å²) in [4.78, 5) is 4.95. The van der Waals surface area contributed by atoms with Gasteiger partial charge in [-0.05, 0) is 91.6 Å². The van der Waals surface area contributed by atoms with Crippen LogP contribution < -0.4 is 0 Å². The molecular formula is C25H23N. The molecule has 0 saturated carbocycles. The van der Waals surface area contributed by atoms with Crippen molar-refractivity contribution in [2.24, 2.45) is 4.99 Å². The van der Waals surface area contributed by atoms with Crippen molar-refractivity contribution < 1.29 is 0 Å². The van der Waals surface area contributed by atoms with Crippen LogP contribution in [-0.4, -0.2) is 5.71 Å². The molecule has 5 rings (SSSR count). The van der Waals surface area contributed by atoms with E-state index in [2.05, 4.69) is 70.2 Å². The second kappa shape index (κ2) is 5.41. The quantitative estimate of drug-likeness (QED) is 0.602. The van der Waals surface area contributed by atoms with Gasteiger partial charge in [-0.2, -0.15) is 0 Å². The van der Waals surface area contributed by atoms with Crippen LogP contribution in [0.3, 0.4) is 0 Å². The number of aryl methyl sites for hydroxylation is 1. The van der Waals surface area contributed by atoms with Gasteiger partial charge < -0.3 is 0 Å². The molecule has 0 fully saturated rings. The molecule has 1 heterocycles. The second-order valence-corrected chi connectivity index (χ2v) is 7.86. The Morgan fingerprint density at radius 2 is 1.73 bits per heavy atom. The van der Waals surface area contributed by atoms with Gasteiger partial charge in [-0.15, -0.1) is 0 Å². The number of nitrogens with zero attached hydrogens (tertiary/aromatic N) is 1. The second-order valence-electron chi connectivity index (χ2n) is 7.86. The Hall–Kier alpha value is -2.67. The highest BCUT2D eigenvalue weighted by atomic mass is 14.8. The van der Waals surface area contributed by atoms with Crippen molar-refractivity contribution in [3.8, 4) is 0 Å². The first-order chi connectivity index (χ1) is 12.5. The zero-order valence-electron chi connectivity index (χ0n) is 15.9. The van der Waals surface area contributed by atoms with Crippen molar-refractivity contribution >= 4 is 23.0 Å². The van der Waals surface area contributed by atoms with Crippen LogP contribution in [0.5, 0.6) is 0 Å². The summed E-state index contributed by atoms with van der Waals surface area (Å²) in [5, 5.41) is 0. The van der Waals surface area contributed by atoms with E-state index in [0.29, 0.717) is 0 Å². The van der Waals surface area contributed by atoms with Gasteiger partial charge in [0.25, 0.3) is 0 Å². The molecule has 0 bridgehead atoms. The summed E-state index contributed by atoms with van der Waals surface area (Å²) >= 11 is 0. The molecule has 0 spiro atoms. The molecular weight excluding hydrogens is 314 g/mol. The SMILES string of the molecule is CC1=C(C)C(C)=C2C1=Nc1cc(C)c(CC3=Cc4ccccc4C3)cc12. The fourth-order valence-corrected chi connectivity index (χ4v) is 4.53. The summed E-state index contributed by atoms with van der Waals surface area (Å²) in [7, 11) is 0. The Morgan fingerprint density at radius 3 is 2.54 bits per heavy atom. The van der Waals surface area contributed by atoms with E-state index in [-0.39, 0.29) is 0 Å². The molecule has 0 N–H and O–H groups in total. The van der Waals surface area contributed by atoms with Crippen molar-refractivity contribution in [2.45, 2.75) is 40.5 Å². The minimum absolute atomic E-state index is 1.03. The highest BCUT2D eigenvalue weighted by Crippen LogP contribution is 2.46. The fraction of sp³-hybridized carbons (Fsp3) is 0.240. The van der Waals surface area contributed by atoms with E-state index in [1.165, 1.54) is 61.4 Å². The molecule has 0 atom stereocenters. The maximum atomic E-state index is 4.95. The molecule has 2 aromatic rings. The van der Waals surface area contributed by atoms with E-state index in [1.807, 2.05) is 0 Å². The van der Waals surface area contributed by atoms with Crippen molar-refractivity contribution in [1.82, 2.24) is 0 Å². The summed E-state index contributed by atoms with van der Waals surface area (Å²) in [6.07, 6.45) is 4.48. The first kappa shape index (κ1) is 15.6. The van der Waals surface area contributed by atoms with Crippen LogP contribution in [0.2, 0.25) is 0 Å². The van der Waals surface area contributed by atoms with Crippen molar-refractivity contribution in [2.75, 3.05) is 0 Å². The van der Waals surface area contributed by atoms with Gasteiger partial charge in [0.15, 0.2) is 0 Å². The molecule has 1 aliphatic heterocycles. The predicted octanol–water partition coefficient (Wildman–Crippen LogP) is 6.39. The first-order valence-corrected chi connectivity index (χ1v) is 9.42. The fourth-order valence-electron chi connectivity index (χ4n) is 4.53. The molecule has 3 aliphatic rings. The maximum Gasteiger partial charge on any atom is 0.0750 e. The minimum Gasteiger partial charge on any atom is -0.247 e. The molecule has 0 radical (unpaired) electrons. The molecule has 128 valence electrons. The van der Waals surface area contributed by atoms with Gasteiger partial charge in [-0.25, -0.2) is 4.99 Å². The lowest BCUT2D eigenvalue weighted by Crippen LogP contribution is -1.97. The number of aliphatic imine (C=N–C) groups is 1. The highest BCUT2D eigenvalue weighted by Gasteiger charge is 2.31. The summed E-state index contributed by atoms with van der Waals surface area (Å²) in [5.41, 5.74) is 16.3. The molecule has 26 heavy (non-hydrogen) atoms. The Bertz CT molecular complexity index is 1100. The summed E-state index contributed by atoms with van der Waals surface area (Å²) in [6, 6.07) is 13.4. The van der Waals surface area contributed by atoms with Gasteiger partial charge in [-0.3, -0.25) is 0 Å². The van der Waals surface area contributed by atoms with Gasteiger partial charge in [0.05, 0.1) is 11.4 Å². The van der Waals surface area contributed by atoms with Crippen LogP contribution in [0.4, 0.5) is 5.69 Å². The van der Waals surface area contributed by atoms with Crippen molar-refractivity contribution in [3.05, 3.63) is 86.5 Å². The third-order valence-electron chi connectivity index (χ3n) is 6.30. The van der Waals surface area contributed by atoms with Crippen LogP contribution >= 0.6 is 0 Å². The average Bonchev–Trinajstić information content (AvgIpc) is 3.25. The van der Waals surface area contributed by atoms with E-state index >= 15 is 0 Å². The molecule has 0 aromatic heterocycles. The van der Waals surface area contributed by atoms with Gasteiger partial charge >= 0.3 is 0 Å². The smallest absolute Gasteiger partial charge is 0.0750 e. The van der Waals surface area contributed by atoms with Gasteiger partial charge in [0.1, 0.15) is 0 Å². The predicted molar refractivity (Wildman–Crippen MR) is 111 cm³/mol. The molecule has 2 aromatic carbocycles. The molecule has 1 heteroatoms. The number of hydrogen-bond donors (Lipinski definition) is 0. The normalized spacial score (nSPS) is 17.4. The lowest BCUT2D eigenvalue weighted by Gasteiger charge is -2.11. The zero-order chi connectivity index (χ0) is 18.0. The first-order valence-electron chi connectivity index (χ1n) is 9.42. The van der Waals surface area contributed by atoms with E-state index in [9.17, 15) is 0 Å². The Balaban J connectivity index is 1.52. The third kappa shape index (κ3) is 2.13. The summed E-state index contributed by atoms with van der Waals surface area (Å²) in [5.74, 6) is 0. The average molecular weight is 337 g/mol. The van der Waals surface area contributed by atoms with Crippen LogP contribution in [0.1, 0.15) is 48.6 Å². The van der Waals surface area contributed by atoms with Crippen molar-refractivity contribution in [3.63, 3.8) is 0 Å². The lowest BCUT2D eigenvalue weighted by atomic mass is 9.92. The van der Waals surface area contributed by atoms with Crippen LogP contribution in [0, 0.1) is 6.92 Å². The highest BCUT2D eigenvalue weighted by molar-refractivity contribution is 6.39. The van der Waals surface area contributed by atoms with Gasteiger partial charge in [-0.1, -0.05) is 35.9 Å². The zero-order valence-corrected chi connectivity index (χ0v) is 15.9. The van der Waals surface area contributed by atoms with E-state index in [1.54, 1.807) is 0 Å². The number of rotatable bonds is 2. The number of allylic oxidation sites excluding steroid dienone is 5. The van der Waals surface area contributed by atoms with Gasteiger partial charge in [0, 0.05) is 11.1 Å². The minimum atomic E-state index is 1.03. The van der Waals surface area contributed by atoms with E-state index in [0.717, 1.165) is 18.5 Å². The number of hydrogen-bond acceptors (Lipinski definition) is 1. The van der Waals surface area contributed by atoms with Crippen LogP contribution in [-0.2, 0) is 12.8 Å². The monoisotopic (exact) mass is 337 g/mol. The summed E-state index contributed by atoms with van der Waals surface area (Å²) < 4.78 is 0. The molecule has 2 aliphatic carbocycles. The largest absolute Gasteiger partial charge is 0.247 e. The Labute approximate surface area is 155 Å². The molecule has 1 nitrogen and oxygen atoms in total. The standard InChI is InChI=1S/C25H23N/c1-14-9-23-22(24-16(3)15(2)17(4)25(24)26-23)13-21(14)12-18-10-19-7-5-6-8-20(19)11-18/h5-10,13H,11-12H2,1-4H3. The van der Waals surface area contributed by atoms with E-state index in [4.69, 9.17) is 4.99 Å². The Morgan fingerprint density at radius 1 is 0.923 bits per heavy atom. The van der Waals surface area contributed by atoms with E-state index < -0.39 is 0 Å². The van der Waals surface area contributed by atoms with Crippen LogP contribution in [0.15, 0.2) is 63.7 Å². The number of fused-ring (bicyclic) bond motifs is 4. The van der Waals surface area contributed by atoms with Crippen LogP contribution in [0.25, 0.3) is 11.6 Å². The maximum absolute atomic E-state index is 4.95. The molecule has 0 amide bonds. The molecule has 0 saturated heterocycles. The van der Waals surface area contributed by atoms with Gasteiger partial charge in [0.2, 0.25) is 0 Å². The number of benzene rings is 2. The third-order valence-corrected chi connectivity index (χ3v) is 6.30. The molecule has 0 unspecified atom stereocenters. The topological polar surface area (TPSA) is 12.4 Å². The summed E-state index contributed by atoms with van der Waals surface area (Å²) in [6.45, 7) is 8.88. The Kier molecular flexibility index (Phi) is 3.24. The van der Waals surface area contributed by atoms with Crippen molar-refractivity contribution in [1.29, 1.82) is 0 Å².